The van der Waals surface area contributed by atoms with E-state index in [0.717, 1.165) is 30.0 Å². The normalized spacial score (nSPS) is 41.0. The van der Waals surface area contributed by atoms with Crippen molar-refractivity contribution >= 4 is 17.7 Å². The molecule has 2 aliphatic carbocycles. The van der Waals surface area contributed by atoms with Crippen LogP contribution in [0.5, 0.6) is 0 Å². The van der Waals surface area contributed by atoms with Crippen LogP contribution in [-0.2, 0) is 9.53 Å². The number of β-amino-alcohol motifs (C(OH)–C–C–N with tert-alkyl or cyclic N) is 1. The smallest absolute Gasteiger partial charge is 0.306 e. The highest BCUT2D eigenvalue weighted by molar-refractivity contribution is 8.00. The van der Waals surface area contributed by atoms with Gasteiger partial charge in [-0.05, 0) is 37.0 Å². The first kappa shape index (κ1) is 20.8. The van der Waals surface area contributed by atoms with Gasteiger partial charge in [-0.25, -0.2) is 8.78 Å². The average molecular weight is 419 g/mol. The lowest BCUT2D eigenvalue weighted by Crippen LogP contribution is -2.41. The number of carbonyl (C=O) groups is 1. The number of ether oxygens (including phenoxy) is 1. The van der Waals surface area contributed by atoms with Crippen LogP contribution < -0.4 is 10.6 Å². The Balaban J connectivity index is 1.22. The highest BCUT2D eigenvalue weighted by atomic mass is 32.2. The summed E-state index contributed by atoms with van der Waals surface area (Å²) >= 11 is 2.04. The van der Waals surface area contributed by atoms with Crippen molar-refractivity contribution in [1.82, 2.24) is 10.6 Å². The van der Waals surface area contributed by atoms with Crippen molar-refractivity contribution in [3.05, 3.63) is 0 Å². The van der Waals surface area contributed by atoms with Gasteiger partial charge in [-0.1, -0.05) is 12.8 Å². The number of rotatable bonds is 6. The SMILES string of the molecule is O=C(CC1CC(F)(F)C1)O[C@@H]1[C@@H](O)CN[C@@H]1CC1CCC(C2CNCS2)CC1. The molecule has 0 aromatic carbocycles. The molecule has 2 saturated heterocycles. The van der Waals surface area contributed by atoms with Crippen LogP contribution >= 0.6 is 11.8 Å². The van der Waals surface area contributed by atoms with E-state index < -0.39 is 24.1 Å². The number of alkyl halides is 2. The molecule has 2 heterocycles. The number of aliphatic hydroxyl groups excluding tert-OH is 1. The van der Waals surface area contributed by atoms with Gasteiger partial charge in [0.2, 0.25) is 5.92 Å². The van der Waals surface area contributed by atoms with Crippen LogP contribution in [0.3, 0.4) is 0 Å². The second-order valence-electron chi connectivity index (χ2n) is 9.19. The van der Waals surface area contributed by atoms with Crippen molar-refractivity contribution in [1.29, 1.82) is 0 Å². The molecule has 160 valence electrons. The topological polar surface area (TPSA) is 70.6 Å². The standard InChI is InChI=1S/C20H32F2N2O3S/c21-20(22)7-13(8-20)6-18(26)27-19-15(24-9-16(19)25)5-12-1-3-14(4-2-12)17-10-23-11-28-17/h12-17,19,23-25H,1-11H2/t12?,14?,15-,16+,17?,19+/m1/s1. The van der Waals surface area contributed by atoms with E-state index in [4.69, 9.17) is 4.74 Å². The van der Waals surface area contributed by atoms with Crippen molar-refractivity contribution in [3.8, 4) is 0 Å². The Morgan fingerprint density at radius 1 is 1.14 bits per heavy atom. The van der Waals surface area contributed by atoms with E-state index >= 15 is 0 Å². The van der Waals surface area contributed by atoms with E-state index in [9.17, 15) is 18.7 Å². The first-order valence-electron chi connectivity index (χ1n) is 10.7. The maximum atomic E-state index is 12.9. The molecule has 0 spiro atoms. The van der Waals surface area contributed by atoms with Gasteiger partial charge in [-0.3, -0.25) is 4.79 Å². The summed E-state index contributed by atoms with van der Waals surface area (Å²) < 4.78 is 31.4. The van der Waals surface area contributed by atoms with Gasteiger partial charge in [-0.15, -0.1) is 11.8 Å². The lowest BCUT2D eigenvalue weighted by atomic mass is 9.77. The van der Waals surface area contributed by atoms with Crippen molar-refractivity contribution in [2.75, 3.05) is 19.0 Å². The quantitative estimate of drug-likeness (QED) is 0.576. The molecule has 28 heavy (non-hydrogen) atoms. The molecule has 0 radical (unpaired) electrons. The van der Waals surface area contributed by atoms with Gasteiger partial charge in [0.1, 0.15) is 12.2 Å². The number of carbonyl (C=O) groups excluding carboxylic acids is 1. The fraction of sp³-hybridized carbons (Fsp3) is 0.950. The van der Waals surface area contributed by atoms with Crippen molar-refractivity contribution in [2.45, 2.75) is 80.8 Å². The van der Waals surface area contributed by atoms with Gasteiger partial charge in [0.15, 0.2) is 0 Å². The number of hydrogen-bond donors (Lipinski definition) is 3. The summed E-state index contributed by atoms with van der Waals surface area (Å²) in [4.78, 5) is 12.2. The van der Waals surface area contributed by atoms with Crippen LogP contribution in [0.1, 0.15) is 51.4 Å². The van der Waals surface area contributed by atoms with E-state index in [1.54, 1.807) is 0 Å². The molecule has 4 atom stereocenters. The van der Waals surface area contributed by atoms with Crippen LogP contribution in [0.25, 0.3) is 0 Å². The van der Waals surface area contributed by atoms with Gasteiger partial charge in [0, 0.05) is 49.5 Å². The fourth-order valence-electron chi connectivity index (χ4n) is 5.40. The lowest BCUT2D eigenvalue weighted by Gasteiger charge is -2.35. The van der Waals surface area contributed by atoms with E-state index in [1.807, 2.05) is 11.8 Å². The highest BCUT2D eigenvalue weighted by Gasteiger charge is 2.47. The first-order chi connectivity index (χ1) is 13.4. The third kappa shape index (κ3) is 4.99. The Morgan fingerprint density at radius 2 is 1.89 bits per heavy atom. The zero-order valence-electron chi connectivity index (χ0n) is 16.2. The molecular weight excluding hydrogens is 386 g/mol. The third-order valence-corrected chi connectivity index (χ3v) is 8.36. The first-order valence-corrected chi connectivity index (χ1v) is 11.8. The van der Waals surface area contributed by atoms with Crippen LogP contribution in [0, 0.1) is 17.8 Å². The number of hydrogen-bond acceptors (Lipinski definition) is 6. The number of thioether (sulfide) groups is 1. The predicted octanol–water partition coefficient (Wildman–Crippen LogP) is 2.53. The number of esters is 1. The van der Waals surface area contributed by atoms with Crippen molar-refractivity contribution < 1.29 is 23.4 Å². The maximum absolute atomic E-state index is 12.9. The summed E-state index contributed by atoms with van der Waals surface area (Å²) in [5, 5.41) is 17.7. The number of nitrogens with one attached hydrogen (secondary N) is 2. The molecule has 0 aromatic heterocycles. The molecular formula is C20H32F2N2O3S. The molecule has 0 amide bonds. The Hall–Kier alpha value is -0.440. The molecule has 2 aliphatic heterocycles. The Labute approximate surface area is 169 Å². The average Bonchev–Trinajstić information content (AvgIpc) is 3.27. The molecule has 5 nitrogen and oxygen atoms in total. The lowest BCUT2D eigenvalue weighted by molar-refractivity contribution is -0.162. The van der Waals surface area contributed by atoms with Gasteiger partial charge in [-0.2, -0.15) is 0 Å². The monoisotopic (exact) mass is 418 g/mol. The van der Waals surface area contributed by atoms with Gasteiger partial charge < -0.3 is 20.5 Å². The summed E-state index contributed by atoms with van der Waals surface area (Å²) in [7, 11) is 0. The van der Waals surface area contributed by atoms with Crippen LogP contribution in [0.4, 0.5) is 8.78 Å². The molecule has 0 aromatic rings. The van der Waals surface area contributed by atoms with E-state index in [2.05, 4.69) is 10.6 Å². The zero-order valence-corrected chi connectivity index (χ0v) is 17.1. The van der Waals surface area contributed by atoms with E-state index in [-0.39, 0.29) is 31.2 Å². The number of aliphatic hydroxyl groups is 1. The summed E-state index contributed by atoms with van der Waals surface area (Å²) in [5.74, 6) is -0.899. The van der Waals surface area contributed by atoms with Crippen LogP contribution in [0.15, 0.2) is 0 Å². The van der Waals surface area contributed by atoms with E-state index in [0.29, 0.717) is 12.5 Å². The molecule has 0 bridgehead atoms. The summed E-state index contributed by atoms with van der Waals surface area (Å²) in [6, 6.07) is -0.0362. The second-order valence-corrected chi connectivity index (χ2v) is 10.4. The minimum Gasteiger partial charge on any atom is -0.458 e. The Kier molecular flexibility index (Phi) is 6.50. The molecule has 3 N–H and O–H groups in total. The van der Waals surface area contributed by atoms with Crippen LogP contribution in [0.2, 0.25) is 0 Å². The molecule has 4 rings (SSSR count). The zero-order chi connectivity index (χ0) is 19.7. The summed E-state index contributed by atoms with van der Waals surface area (Å²) in [6.07, 6.45) is 4.09. The van der Waals surface area contributed by atoms with Crippen molar-refractivity contribution in [3.63, 3.8) is 0 Å². The van der Waals surface area contributed by atoms with E-state index in [1.165, 1.54) is 25.7 Å². The molecule has 4 fully saturated rings. The second kappa shape index (κ2) is 8.74. The molecule has 2 saturated carbocycles. The van der Waals surface area contributed by atoms with Crippen molar-refractivity contribution in [2.24, 2.45) is 17.8 Å². The Morgan fingerprint density at radius 3 is 2.54 bits per heavy atom. The fourth-order valence-corrected chi connectivity index (χ4v) is 6.63. The largest absolute Gasteiger partial charge is 0.458 e. The van der Waals surface area contributed by atoms with Gasteiger partial charge in [0.05, 0.1) is 0 Å². The van der Waals surface area contributed by atoms with Gasteiger partial charge >= 0.3 is 5.97 Å². The minimum absolute atomic E-state index is 0.0315. The van der Waals surface area contributed by atoms with Crippen LogP contribution in [-0.4, -0.2) is 59.5 Å². The molecule has 1 unspecified atom stereocenters. The minimum atomic E-state index is -2.62. The van der Waals surface area contributed by atoms with Gasteiger partial charge in [0.25, 0.3) is 0 Å². The molecule has 4 aliphatic rings. The summed E-state index contributed by atoms with van der Waals surface area (Å²) in [6.45, 7) is 1.55. The summed E-state index contributed by atoms with van der Waals surface area (Å²) in [5.41, 5.74) is 0. The Bertz CT molecular complexity index is 546. The predicted molar refractivity (Wildman–Crippen MR) is 104 cm³/mol. The maximum Gasteiger partial charge on any atom is 0.306 e. The third-order valence-electron chi connectivity index (χ3n) is 7.01. The highest BCUT2D eigenvalue weighted by Crippen LogP contribution is 2.44. The molecule has 8 heteroatoms. The number of halogens is 2.